The highest BCUT2D eigenvalue weighted by Gasteiger charge is 2.15. The molecule has 0 unspecified atom stereocenters. The van der Waals surface area contributed by atoms with Crippen LogP contribution in [0.3, 0.4) is 0 Å². The van der Waals surface area contributed by atoms with Crippen LogP contribution in [0.25, 0.3) is 11.3 Å². The Bertz CT molecular complexity index is 579. The number of hydrogen-bond donors (Lipinski definition) is 2. The molecule has 2 aromatic rings. The number of phenols is 1. The van der Waals surface area contributed by atoms with Gasteiger partial charge in [-0.1, -0.05) is 5.16 Å². The van der Waals surface area contributed by atoms with E-state index in [0.717, 1.165) is 0 Å². The third kappa shape index (κ3) is 2.00. The number of carboxylic acid groups (broad SMARTS) is 1. The van der Waals surface area contributed by atoms with Crippen molar-refractivity contribution < 1.29 is 24.3 Å². The summed E-state index contributed by atoms with van der Waals surface area (Å²) in [5, 5.41) is 21.9. The first-order valence-electron chi connectivity index (χ1n) is 5.11. The Hall–Kier alpha value is -2.50. The standard InChI is InChI=1S/C12H11NO5/c1-6-3-7(4-9(14)11(6)17-2)10-5-8(12(15)16)13-18-10/h3-5,14H,1-2H3,(H,15,16). The van der Waals surface area contributed by atoms with Gasteiger partial charge < -0.3 is 19.5 Å². The lowest BCUT2D eigenvalue weighted by molar-refractivity contribution is 0.0686. The summed E-state index contributed by atoms with van der Waals surface area (Å²) >= 11 is 0. The maximum atomic E-state index is 10.7. The molecule has 2 N–H and O–H groups in total. The van der Waals surface area contributed by atoms with Gasteiger partial charge in [0, 0.05) is 11.6 Å². The number of nitrogens with zero attached hydrogens (tertiary/aromatic N) is 1. The molecule has 0 saturated carbocycles. The number of aryl methyl sites for hydroxylation is 1. The largest absolute Gasteiger partial charge is 0.504 e. The van der Waals surface area contributed by atoms with Crippen LogP contribution in [0.5, 0.6) is 11.5 Å². The molecule has 0 amide bonds. The first-order chi connectivity index (χ1) is 8.52. The van der Waals surface area contributed by atoms with Gasteiger partial charge in [-0.05, 0) is 24.6 Å². The van der Waals surface area contributed by atoms with E-state index in [1.54, 1.807) is 13.0 Å². The number of carboxylic acids is 1. The summed E-state index contributed by atoms with van der Waals surface area (Å²) in [4.78, 5) is 10.7. The number of aromatic nitrogens is 1. The Kier molecular flexibility index (Phi) is 2.93. The highest BCUT2D eigenvalue weighted by atomic mass is 16.5. The molecule has 6 heteroatoms. The number of methoxy groups -OCH3 is 1. The molecule has 1 heterocycles. The topological polar surface area (TPSA) is 92.8 Å². The highest BCUT2D eigenvalue weighted by Crippen LogP contribution is 2.35. The number of aromatic hydroxyl groups is 1. The van der Waals surface area contributed by atoms with Gasteiger partial charge in [0.1, 0.15) is 0 Å². The Labute approximate surface area is 102 Å². The summed E-state index contributed by atoms with van der Waals surface area (Å²) in [6.07, 6.45) is 0. The van der Waals surface area contributed by atoms with Crippen LogP contribution >= 0.6 is 0 Å². The lowest BCUT2D eigenvalue weighted by Gasteiger charge is -2.08. The van der Waals surface area contributed by atoms with Crippen LogP contribution in [0, 0.1) is 6.92 Å². The number of hydrogen-bond acceptors (Lipinski definition) is 5. The molecule has 0 saturated heterocycles. The molecule has 0 aliphatic rings. The Morgan fingerprint density at radius 1 is 1.39 bits per heavy atom. The lowest BCUT2D eigenvalue weighted by Crippen LogP contribution is -1.94. The molecule has 1 aromatic heterocycles. The molecule has 0 spiro atoms. The van der Waals surface area contributed by atoms with Gasteiger partial charge in [0.05, 0.1) is 7.11 Å². The maximum Gasteiger partial charge on any atom is 0.358 e. The van der Waals surface area contributed by atoms with Gasteiger partial charge in [-0.2, -0.15) is 0 Å². The molecule has 1 aromatic carbocycles. The van der Waals surface area contributed by atoms with Crippen molar-refractivity contribution in [2.45, 2.75) is 6.92 Å². The summed E-state index contributed by atoms with van der Waals surface area (Å²) < 4.78 is 9.93. The van der Waals surface area contributed by atoms with Crippen molar-refractivity contribution in [3.63, 3.8) is 0 Å². The van der Waals surface area contributed by atoms with Crippen molar-refractivity contribution in [1.82, 2.24) is 5.16 Å². The molecule has 94 valence electrons. The van der Waals surface area contributed by atoms with Crippen molar-refractivity contribution in [3.8, 4) is 22.8 Å². The minimum absolute atomic E-state index is 0.0409. The zero-order valence-electron chi connectivity index (χ0n) is 9.80. The Morgan fingerprint density at radius 2 is 2.11 bits per heavy atom. The quantitative estimate of drug-likeness (QED) is 0.864. The van der Waals surface area contributed by atoms with E-state index < -0.39 is 5.97 Å². The van der Waals surface area contributed by atoms with Crippen molar-refractivity contribution in [1.29, 1.82) is 0 Å². The van der Waals surface area contributed by atoms with Crippen molar-refractivity contribution in [2.24, 2.45) is 0 Å². The molecule has 0 bridgehead atoms. The van der Waals surface area contributed by atoms with Gasteiger partial charge in [0.2, 0.25) is 0 Å². The number of phenolic OH excluding ortho intramolecular Hbond substituents is 1. The van der Waals surface area contributed by atoms with E-state index in [4.69, 9.17) is 14.4 Å². The summed E-state index contributed by atoms with van der Waals surface area (Å²) in [5.74, 6) is -0.564. The number of benzene rings is 1. The van der Waals surface area contributed by atoms with Gasteiger partial charge >= 0.3 is 5.97 Å². The summed E-state index contributed by atoms with van der Waals surface area (Å²) in [6, 6.07) is 4.44. The Balaban J connectivity index is 2.47. The number of carbonyl (C=O) groups is 1. The predicted octanol–water partition coefficient (Wildman–Crippen LogP) is 2.06. The second kappa shape index (κ2) is 4.40. The average molecular weight is 249 g/mol. The minimum Gasteiger partial charge on any atom is -0.504 e. The van der Waals surface area contributed by atoms with Crippen LogP contribution in [-0.2, 0) is 0 Å². The lowest BCUT2D eigenvalue weighted by atomic mass is 10.1. The minimum atomic E-state index is -1.17. The van der Waals surface area contributed by atoms with Crippen LogP contribution in [0.4, 0.5) is 0 Å². The molecule has 2 rings (SSSR count). The van der Waals surface area contributed by atoms with Gasteiger partial charge in [-0.25, -0.2) is 4.79 Å². The summed E-state index contributed by atoms with van der Waals surface area (Å²) in [5.41, 5.74) is 1.06. The van der Waals surface area contributed by atoms with E-state index in [-0.39, 0.29) is 17.2 Å². The fourth-order valence-electron chi connectivity index (χ4n) is 1.68. The van der Waals surface area contributed by atoms with E-state index >= 15 is 0 Å². The number of ether oxygens (including phenoxy) is 1. The molecule has 0 aliphatic heterocycles. The summed E-state index contributed by atoms with van der Waals surface area (Å²) in [7, 11) is 1.46. The van der Waals surface area contributed by atoms with Crippen LogP contribution in [0.2, 0.25) is 0 Å². The fraction of sp³-hybridized carbons (Fsp3) is 0.167. The summed E-state index contributed by atoms with van der Waals surface area (Å²) in [6.45, 7) is 1.76. The zero-order chi connectivity index (χ0) is 13.3. The van der Waals surface area contributed by atoms with E-state index in [2.05, 4.69) is 5.16 Å². The van der Waals surface area contributed by atoms with Crippen LogP contribution < -0.4 is 4.74 Å². The van der Waals surface area contributed by atoms with Gasteiger partial charge in [0.15, 0.2) is 23.0 Å². The van der Waals surface area contributed by atoms with Crippen molar-refractivity contribution in [3.05, 3.63) is 29.5 Å². The van der Waals surface area contributed by atoms with Crippen molar-refractivity contribution >= 4 is 5.97 Å². The third-order valence-electron chi connectivity index (χ3n) is 2.47. The van der Waals surface area contributed by atoms with Crippen molar-refractivity contribution in [2.75, 3.05) is 7.11 Å². The van der Waals surface area contributed by atoms with Crippen LogP contribution in [-0.4, -0.2) is 28.4 Å². The predicted molar refractivity (Wildman–Crippen MR) is 61.9 cm³/mol. The average Bonchev–Trinajstić information content (AvgIpc) is 2.77. The van der Waals surface area contributed by atoms with Gasteiger partial charge in [0.25, 0.3) is 0 Å². The van der Waals surface area contributed by atoms with Gasteiger partial charge in [-0.15, -0.1) is 0 Å². The van der Waals surface area contributed by atoms with Crippen LogP contribution in [0.1, 0.15) is 16.1 Å². The zero-order valence-corrected chi connectivity index (χ0v) is 9.80. The molecule has 0 radical (unpaired) electrons. The molecule has 0 aliphatic carbocycles. The van der Waals surface area contributed by atoms with E-state index in [1.807, 2.05) is 0 Å². The number of aromatic carboxylic acids is 1. The maximum absolute atomic E-state index is 10.7. The molecular weight excluding hydrogens is 238 g/mol. The van der Waals surface area contributed by atoms with Gasteiger partial charge in [-0.3, -0.25) is 0 Å². The smallest absolute Gasteiger partial charge is 0.358 e. The second-order valence-electron chi connectivity index (χ2n) is 3.73. The molecule has 18 heavy (non-hydrogen) atoms. The first-order valence-corrected chi connectivity index (χ1v) is 5.11. The molecular formula is C12H11NO5. The van der Waals surface area contributed by atoms with E-state index in [9.17, 15) is 9.90 Å². The molecule has 6 nitrogen and oxygen atoms in total. The third-order valence-corrected chi connectivity index (χ3v) is 2.47. The molecule has 0 fully saturated rings. The Morgan fingerprint density at radius 3 is 2.61 bits per heavy atom. The fourth-order valence-corrected chi connectivity index (χ4v) is 1.68. The first kappa shape index (κ1) is 12.0. The van der Waals surface area contributed by atoms with E-state index in [0.29, 0.717) is 16.9 Å². The SMILES string of the molecule is COc1c(C)cc(-c2cc(C(=O)O)no2)cc1O. The van der Waals surface area contributed by atoms with E-state index in [1.165, 1.54) is 19.2 Å². The number of rotatable bonds is 3. The highest BCUT2D eigenvalue weighted by molar-refractivity contribution is 5.86. The molecule has 0 atom stereocenters. The monoisotopic (exact) mass is 249 g/mol. The van der Waals surface area contributed by atoms with Crippen LogP contribution in [0.15, 0.2) is 22.7 Å². The normalized spacial score (nSPS) is 10.3. The second-order valence-corrected chi connectivity index (χ2v) is 3.73.